The molecule has 2 rings (SSSR count). The third-order valence-corrected chi connectivity index (χ3v) is 5.25. The molecule has 7 nitrogen and oxygen atoms in total. The number of aromatic nitrogens is 1. The standard InChI is InChI=1S/C17H24N4O3S/c1-18-25(23,24)15-11-16(21(3)13-15)17(22)19-9-10-20(2)12-14-7-5-4-6-8-14/h4-8,11,13,18H,9-10,12H2,1-3H3,(H,19,22). The smallest absolute Gasteiger partial charge is 0.267 e. The van der Waals surface area contributed by atoms with Gasteiger partial charge in [0.25, 0.3) is 5.91 Å². The molecule has 2 N–H and O–H groups in total. The van der Waals surface area contributed by atoms with Crippen LogP contribution in [0.15, 0.2) is 47.5 Å². The molecule has 1 amide bonds. The number of rotatable bonds is 8. The number of nitrogens with one attached hydrogen (secondary N) is 2. The summed E-state index contributed by atoms with van der Waals surface area (Å²) in [6.45, 7) is 1.96. The van der Waals surface area contributed by atoms with Crippen molar-refractivity contribution in [3.8, 4) is 0 Å². The van der Waals surface area contributed by atoms with E-state index in [2.05, 4.69) is 27.1 Å². The van der Waals surface area contributed by atoms with Crippen molar-refractivity contribution in [3.63, 3.8) is 0 Å². The summed E-state index contributed by atoms with van der Waals surface area (Å²) in [5.41, 5.74) is 1.51. The van der Waals surface area contributed by atoms with E-state index in [1.807, 2.05) is 25.2 Å². The second-order valence-electron chi connectivity index (χ2n) is 5.86. The molecule has 0 aliphatic rings. The number of sulfonamides is 1. The highest BCUT2D eigenvalue weighted by Crippen LogP contribution is 2.13. The van der Waals surface area contributed by atoms with Gasteiger partial charge in [-0.1, -0.05) is 30.3 Å². The number of amides is 1. The van der Waals surface area contributed by atoms with Crippen LogP contribution in [-0.2, 0) is 23.6 Å². The Morgan fingerprint density at radius 3 is 2.56 bits per heavy atom. The first-order valence-corrected chi connectivity index (χ1v) is 9.42. The van der Waals surface area contributed by atoms with Crippen molar-refractivity contribution in [1.29, 1.82) is 0 Å². The summed E-state index contributed by atoms with van der Waals surface area (Å²) < 4.78 is 27.4. The molecule has 0 spiro atoms. The molecule has 0 aliphatic carbocycles. The molecular formula is C17H24N4O3S. The van der Waals surface area contributed by atoms with Gasteiger partial charge in [-0.15, -0.1) is 0 Å². The number of aryl methyl sites for hydroxylation is 1. The van der Waals surface area contributed by atoms with Gasteiger partial charge in [-0.25, -0.2) is 13.1 Å². The van der Waals surface area contributed by atoms with Crippen LogP contribution in [0.1, 0.15) is 16.1 Å². The predicted molar refractivity (Wildman–Crippen MR) is 96.8 cm³/mol. The zero-order valence-corrected chi connectivity index (χ0v) is 15.5. The Morgan fingerprint density at radius 2 is 1.92 bits per heavy atom. The highest BCUT2D eigenvalue weighted by molar-refractivity contribution is 7.89. The van der Waals surface area contributed by atoms with Gasteiger partial charge in [-0.2, -0.15) is 0 Å². The van der Waals surface area contributed by atoms with Gasteiger partial charge >= 0.3 is 0 Å². The molecular weight excluding hydrogens is 340 g/mol. The Labute approximate surface area is 148 Å². The maximum Gasteiger partial charge on any atom is 0.267 e. The topological polar surface area (TPSA) is 83.4 Å². The number of nitrogens with zero attached hydrogens (tertiary/aromatic N) is 2. The Morgan fingerprint density at radius 1 is 1.24 bits per heavy atom. The van der Waals surface area contributed by atoms with Crippen LogP contribution in [-0.4, -0.2) is 51.0 Å². The number of benzene rings is 1. The van der Waals surface area contributed by atoms with E-state index in [-0.39, 0.29) is 10.8 Å². The highest BCUT2D eigenvalue weighted by Gasteiger charge is 2.18. The predicted octanol–water partition coefficient (Wildman–Crippen LogP) is 0.795. The zero-order chi connectivity index (χ0) is 18.4. The van der Waals surface area contributed by atoms with Gasteiger partial charge in [0.15, 0.2) is 0 Å². The van der Waals surface area contributed by atoms with Crippen molar-refractivity contribution in [2.75, 3.05) is 27.2 Å². The van der Waals surface area contributed by atoms with Gasteiger partial charge in [0.1, 0.15) is 10.6 Å². The van der Waals surface area contributed by atoms with Gasteiger partial charge < -0.3 is 14.8 Å². The Hall–Kier alpha value is -2.16. The van der Waals surface area contributed by atoms with Gasteiger partial charge in [-0.05, 0) is 25.7 Å². The van der Waals surface area contributed by atoms with Crippen molar-refractivity contribution >= 4 is 15.9 Å². The Balaban J connectivity index is 1.88. The fraction of sp³-hybridized carbons (Fsp3) is 0.353. The van der Waals surface area contributed by atoms with Crippen LogP contribution in [0.2, 0.25) is 0 Å². The van der Waals surface area contributed by atoms with Crippen molar-refractivity contribution in [3.05, 3.63) is 53.9 Å². The second-order valence-corrected chi connectivity index (χ2v) is 7.75. The van der Waals surface area contributed by atoms with Gasteiger partial charge in [-0.3, -0.25) is 4.79 Å². The van der Waals surface area contributed by atoms with Crippen LogP contribution in [0, 0.1) is 0 Å². The van der Waals surface area contributed by atoms with Crippen LogP contribution in [0.5, 0.6) is 0 Å². The molecule has 0 atom stereocenters. The Kier molecular flexibility index (Phi) is 6.35. The molecule has 0 saturated carbocycles. The summed E-state index contributed by atoms with van der Waals surface area (Å²) in [6, 6.07) is 11.5. The van der Waals surface area contributed by atoms with E-state index in [9.17, 15) is 13.2 Å². The molecule has 8 heteroatoms. The Bertz CT molecular complexity index is 816. The second kappa shape index (κ2) is 8.28. The van der Waals surface area contributed by atoms with E-state index in [0.29, 0.717) is 18.8 Å². The van der Waals surface area contributed by atoms with Gasteiger partial charge in [0.2, 0.25) is 10.0 Å². The fourth-order valence-corrected chi connectivity index (χ4v) is 3.25. The summed E-state index contributed by atoms with van der Waals surface area (Å²) in [4.78, 5) is 14.4. The minimum absolute atomic E-state index is 0.0730. The van der Waals surface area contributed by atoms with Crippen LogP contribution < -0.4 is 10.0 Å². The average molecular weight is 364 g/mol. The van der Waals surface area contributed by atoms with Crippen molar-refractivity contribution < 1.29 is 13.2 Å². The van der Waals surface area contributed by atoms with E-state index < -0.39 is 10.0 Å². The van der Waals surface area contributed by atoms with Crippen LogP contribution in [0.3, 0.4) is 0 Å². The highest BCUT2D eigenvalue weighted by atomic mass is 32.2. The number of likely N-dealkylation sites (N-methyl/N-ethyl adjacent to an activating group) is 1. The molecule has 1 aromatic carbocycles. The zero-order valence-electron chi connectivity index (χ0n) is 14.7. The quantitative estimate of drug-likeness (QED) is 0.726. The molecule has 0 radical (unpaired) electrons. The fourth-order valence-electron chi connectivity index (χ4n) is 2.45. The van der Waals surface area contributed by atoms with E-state index in [4.69, 9.17) is 0 Å². The maximum atomic E-state index is 12.3. The number of carbonyl (C=O) groups is 1. The molecule has 1 aromatic heterocycles. The lowest BCUT2D eigenvalue weighted by atomic mass is 10.2. The molecule has 0 fully saturated rings. The maximum absolute atomic E-state index is 12.3. The first kappa shape index (κ1) is 19.2. The lowest BCUT2D eigenvalue weighted by Gasteiger charge is -2.17. The third-order valence-electron chi connectivity index (χ3n) is 3.87. The van der Waals surface area contributed by atoms with Crippen LogP contribution in [0.25, 0.3) is 0 Å². The van der Waals surface area contributed by atoms with Crippen LogP contribution >= 0.6 is 0 Å². The summed E-state index contributed by atoms with van der Waals surface area (Å²) in [5.74, 6) is -0.298. The lowest BCUT2D eigenvalue weighted by molar-refractivity contribution is 0.0941. The third kappa shape index (κ3) is 5.15. The van der Waals surface area contributed by atoms with Crippen molar-refractivity contribution in [1.82, 2.24) is 19.5 Å². The van der Waals surface area contributed by atoms with E-state index in [1.54, 1.807) is 7.05 Å². The monoisotopic (exact) mass is 364 g/mol. The lowest BCUT2D eigenvalue weighted by Crippen LogP contribution is -2.33. The number of hydrogen-bond donors (Lipinski definition) is 2. The largest absolute Gasteiger partial charge is 0.349 e. The van der Waals surface area contributed by atoms with Gasteiger partial charge in [0.05, 0.1) is 0 Å². The molecule has 25 heavy (non-hydrogen) atoms. The molecule has 0 unspecified atom stereocenters. The molecule has 0 saturated heterocycles. The molecule has 2 aromatic rings. The summed E-state index contributed by atoms with van der Waals surface area (Å²) in [6.07, 6.45) is 1.42. The molecule has 136 valence electrons. The minimum atomic E-state index is -3.56. The van der Waals surface area contributed by atoms with Crippen molar-refractivity contribution in [2.24, 2.45) is 7.05 Å². The summed E-state index contributed by atoms with van der Waals surface area (Å²) in [7, 11) is 1.41. The van der Waals surface area contributed by atoms with E-state index in [0.717, 1.165) is 6.54 Å². The molecule has 0 aliphatic heterocycles. The summed E-state index contributed by atoms with van der Waals surface area (Å²) in [5, 5.41) is 2.82. The first-order valence-electron chi connectivity index (χ1n) is 7.94. The minimum Gasteiger partial charge on any atom is -0.349 e. The SMILES string of the molecule is CNS(=O)(=O)c1cc(C(=O)NCCN(C)Cc2ccccc2)n(C)c1. The first-order chi connectivity index (χ1) is 11.8. The van der Waals surface area contributed by atoms with Crippen molar-refractivity contribution in [2.45, 2.75) is 11.4 Å². The molecule has 1 heterocycles. The van der Waals surface area contributed by atoms with E-state index in [1.165, 1.54) is 29.4 Å². The average Bonchev–Trinajstić information content (AvgIpc) is 2.98. The van der Waals surface area contributed by atoms with Gasteiger partial charge in [0, 0.05) is 32.9 Å². The summed E-state index contributed by atoms with van der Waals surface area (Å²) >= 11 is 0. The number of carbonyl (C=O) groups excluding carboxylic acids is 1. The normalized spacial score (nSPS) is 11.7. The number of hydrogen-bond acceptors (Lipinski definition) is 4. The van der Waals surface area contributed by atoms with E-state index >= 15 is 0 Å². The molecule has 0 bridgehead atoms. The van der Waals surface area contributed by atoms with Crippen LogP contribution in [0.4, 0.5) is 0 Å².